The Morgan fingerprint density at radius 3 is 3.04 bits per heavy atom. The summed E-state index contributed by atoms with van der Waals surface area (Å²) in [6.07, 6.45) is -0.622. The topological polar surface area (TPSA) is 90.9 Å². The molecule has 2 aromatic heterocycles. The minimum Gasteiger partial charge on any atom is -0.393 e. The largest absolute Gasteiger partial charge is 0.393 e. The van der Waals surface area contributed by atoms with E-state index in [1.807, 2.05) is 0 Å². The van der Waals surface area contributed by atoms with Crippen molar-refractivity contribution in [2.75, 3.05) is 6.54 Å². The Balaban J connectivity index is 1.58. The molecule has 0 radical (unpaired) electrons. The number of aromatic nitrogens is 3. The average molecular weight is 342 g/mol. The van der Waals surface area contributed by atoms with Crippen molar-refractivity contribution in [3.8, 4) is 0 Å². The molecule has 3 atom stereocenters. The molecule has 3 rings (SSSR count). The summed E-state index contributed by atoms with van der Waals surface area (Å²) >= 11 is 0.864. The summed E-state index contributed by atoms with van der Waals surface area (Å²) in [5.74, 6) is 0.113. The van der Waals surface area contributed by atoms with E-state index in [0.29, 0.717) is 12.8 Å². The number of nitrogens with one attached hydrogen (secondary N) is 2. The Bertz CT molecular complexity index is 662. The SMILES string of the molecule is O=C(NC[C@H]1C[C@H](c2ncn[nH]2)C[C@H]1O)c1ccsc1C(F)F. The fourth-order valence-electron chi connectivity index (χ4n) is 2.95. The van der Waals surface area contributed by atoms with Gasteiger partial charge in [0.15, 0.2) is 0 Å². The summed E-state index contributed by atoms with van der Waals surface area (Å²) < 4.78 is 25.6. The maximum atomic E-state index is 12.8. The van der Waals surface area contributed by atoms with Gasteiger partial charge in [0.05, 0.1) is 16.5 Å². The minimum atomic E-state index is -2.66. The fourth-order valence-corrected chi connectivity index (χ4v) is 3.69. The molecule has 1 amide bonds. The van der Waals surface area contributed by atoms with Crippen LogP contribution in [0.1, 0.15) is 46.2 Å². The molecule has 23 heavy (non-hydrogen) atoms. The van der Waals surface area contributed by atoms with Crippen LogP contribution in [0.5, 0.6) is 0 Å². The third kappa shape index (κ3) is 3.40. The number of rotatable bonds is 5. The number of alkyl halides is 2. The van der Waals surface area contributed by atoms with Gasteiger partial charge in [0.1, 0.15) is 12.2 Å². The van der Waals surface area contributed by atoms with Crippen LogP contribution in [0.25, 0.3) is 0 Å². The van der Waals surface area contributed by atoms with Crippen LogP contribution in [0.2, 0.25) is 0 Å². The van der Waals surface area contributed by atoms with Crippen molar-refractivity contribution in [3.05, 3.63) is 34.0 Å². The highest BCUT2D eigenvalue weighted by Crippen LogP contribution is 2.36. The Labute approximate surface area is 134 Å². The lowest BCUT2D eigenvalue weighted by Crippen LogP contribution is -2.32. The number of aromatic amines is 1. The van der Waals surface area contributed by atoms with Gasteiger partial charge < -0.3 is 10.4 Å². The van der Waals surface area contributed by atoms with Crippen molar-refractivity contribution in [1.29, 1.82) is 0 Å². The maximum absolute atomic E-state index is 12.8. The third-order valence-corrected chi connectivity index (χ3v) is 5.06. The van der Waals surface area contributed by atoms with Crippen LogP contribution in [-0.4, -0.2) is 38.8 Å². The number of carbonyl (C=O) groups excluding carboxylic acids is 1. The first kappa shape index (κ1) is 16.0. The first-order chi connectivity index (χ1) is 11.1. The van der Waals surface area contributed by atoms with Crippen LogP contribution >= 0.6 is 11.3 Å². The van der Waals surface area contributed by atoms with E-state index in [4.69, 9.17) is 0 Å². The molecule has 9 heteroatoms. The van der Waals surface area contributed by atoms with E-state index >= 15 is 0 Å². The summed E-state index contributed by atoms with van der Waals surface area (Å²) in [7, 11) is 0. The van der Waals surface area contributed by atoms with Gasteiger partial charge in [-0.3, -0.25) is 9.89 Å². The van der Waals surface area contributed by atoms with Crippen molar-refractivity contribution >= 4 is 17.2 Å². The van der Waals surface area contributed by atoms with Crippen molar-refractivity contribution in [2.45, 2.75) is 31.3 Å². The summed E-state index contributed by atoms with van der Waals surface area (Å²) in [6.45, 7) is 0.239. The van der Waals surface area contributed by atoms with E-state index in [2.05, 4.69) is 20.5 Å². The van der Waals surface area contributed by atoms with Crippen LogP contribution < -0.4 is 5.32 Å². The fraction of sp³-hybridized carbons (Fsp3) is 0.500. The Hall–Kier alpha value is -1.87. The van der Waals surface area contributed by atoms with Gasteiger partial charge in [-0.2, -0.15) is 5.10 Å². The van der Waals surface area contributed by atoms with E-state index in [9.17, 15) is 18.7 Å². The smallest absolute Gasteiger partial charge is 0.273 e. The van der Waals surface area contributed by atoms with Crippen LogP contribution in [-0.2, 0) is 0 Å². The van der Waals surface area contributed by atoms with E-state index < -0.39 is 18.4 Å². The van der Waals surface area contributed by atoms with Crippen molar-refractivity contribution < 1.29 is 18.7 Å². The van der Waals surface area contributed by atoms with E-state index in [1.54, 1.807) is 0 Å². The molecule has 2 heterocycles. The molecule has 1 fully saturated rings. The molecule has 124 valence electrons. The highest BCUT2D eigenvalue weighted by atomic mass is 32.1. The Kier molecular flexibility index (Phi) is 4.67. The van der Waals surface area contributed by atoms with E-state index in [0.717, 1.165) is 17.2 Å². The lowest BCUT2D eigenvalue weighted by Gasteiger charge is -2.15. The molecule has 2 aromatic rings. The lowest BCUT2D eigenvalue weighted by atomic mass is 10.0. The number of carbonyl (C=O) groups is 1. The number of hydrogen-bond acceptors (Lipinski definition) is 5. The van der Waals surface area contributed by atoms with Crippen LogP contribution in [0.3, 0.4) is 0 Å². The molecule has 1 aliphatic carbocycles. The molecule has 0 aliphatic heterocycles. The van der Waals surface area contributed by atoms with Gasteiger partial charge in [-0.25, -0.2) is 13.8 Å². The number of thiophene rings is 1. The van der Waals surface area contributed by atoms with E-state index in [1.165, 1.54) is 17.8 Å². The van der Waals surface area contributed by atoms with Gasteiger partial charge in [-0.05, 0) is 24.3 Å². The number of amides is 1. The molecular weight excluding hydrogens is 326 g/mol. The number of hydrogen-bond donors (Lipinski definition) is 3. The third-order valence-electron chi connectivity index (χ3n) is 4.14. The lowest BCUT2D eigenvalue weighted by molar-refractivity contribution is 0.0906. The van der Waals surface area contributed by atoms with Crippen LogP contribution in [0, 0.1) is 5.92 Å². The number of aliphatic hydroxyl groups is 1. The van der Waals surface area contributed by atoms with Gasteiger partial charge in [-0.1, -0.05) is 0 Å². The predicted molar refractivity (Wildman–Crippen MR) is 79.5 cm³/mol. The maximum Gasteiger partial charge on any atom is 0.273 e. The van der Waals surface area contributed by atoms with Gasteiger partial charge in [0.25, 0.3) is 12.3 Å². The molecular formula is C14H16F2N4O2S. The molecule has 6 nitrogen and oxygen atoms in total. The molecule has 3 N–H and O–H groups in total. The zero-order chi connectivity index (χ0) is 16.4. The second-order valence-corrected chi connectivity index (χ2v) is 6.52. The average Bonchev–Trinajstić information content (AvgIpc) is 3.25. The predicted octanol–water partition coefficient (Wildman–Crippen LogP) is 2.09. The molecule has 0 unspecified atom stereocenters. The number of nitrogens with zero attached hydrogens (tertiary/aromatic N) is 2. The second kappa shape index (κ2) is 6.71. The minimum absolute atomic E-state index is 0.00395. The van der Waals surface area contributed by atoms with Gasteiger partial charge in [0, 0.05) is 18.4 Å². The van der Waals surface area contributed by atoms with Gasteiger partial charge in [-0.15, -0.1) is 11.3 Å². The summed E-state index contributed by atoms with van der Waals surface area (Å²) in [6, 6.07) is 1.39. The Morgan fingerprint density at radius 1 is 1.52 bits per heavy atom. The van der Waals surface area contributed by atoms with Gasteiger partial charge >= 0.3 is 0 Å². The normalized spacial score (nSPS) is 24.3. The van der Waals surface area contributed by atoms with Crippen LogP contribution in [0.15, 0.2) is 17.8 Å². The monoisotopic (exact) mass is 342 g/mol. The molecule has 1 aliphatic rings. The molecule has 0 aromatic carbocycles. The molecule has 0 bridgehead atoms. The Morgan fingerprint density at radius 2 is 2.35 bits per heavy atom. The molecule has 0 saturated heterocycles. The first-order valence-corrected chi connectivity index (χ1v) is 8.11. The second-order valence-electron chi connectivity index (χ2n) is 5.58. The molecule has 0 spiro atoms. The number of aliphatic hydroxyl groups excluding tert-OH is 1. The van der Waals surface area contributed by atoms with E-state index in [-0.39, 0.29) is 28.8 Å². The number of H-pyrrole nitrogens is 1. The first-order valence-electron chi connectivity index (χ1n) is 7.23. The summed E-state index contributed by atoms with van der Waals surface area (Å²) in [5.41, 5.74) is 0.00395. The number of halogens is 2. The highest BCUT2D eigenvalue weighted by Gasteiger charge is 2.35. The van der Waals surface area contributed by atoms with Crippen molar-refractivity contribution in [1.82, 2.24) is 20.5 Å². The van der Waals surface area contributed by atoms with Gasteiger partial charge in [0.2, 0.25) is 0 Å². The summed E-state index contributed by atoms with van der Waals surface area (Å²) in [5, 5.41) is 20.8. The summed E-state index contributed by atoms with van der Waals surface area (Å²) in [4.78, 5) is 15.9. The highest BCUT2D eigenvalue weighted by molar-refractivity contribution is 7.10. The standard InChI is InChI=1S/C14H16F2N4O2S/c15-12(16)11-9(1-2-23-11)14(22)17-5-8-3-7(4-10(8)21)13-18-6-19-20-13/h1-2,6-8,10,12,21H,3-5H2,(H,17,22)(H,18,19,20)/t7-,8+,10+/m0/s1. The van der Waals surface area contributed by atoms with Crippen molar-refractivity contribution in [3.63, 3.8) is 0 Å². The zero-order valence-electron chi connectivity index (χ0n) is 12.1. The molecule has 1 saturated carbocycles. The van der Waals surface area contributed by atoms with Crippen molar-refractivity contribution in [2.24, 2.45) is 5.92 Å². The zero-order valence-corrected chi connectivity index (χ0v) is 12.9. The van der Waals surface area contributed by atoms with Crippen LogP contribution in [0.4, 0.5) is 8.78 Å². The quantitative estimate of drug-likeness (QED) is 0.776.